The third-order valence-electron chi connectivity index (χ3n) is 3.44. The van der Waals surface area contributed by atoms with Gasteiger partial charge in [-0.05, 0) is 19.4 Å². The molecule has 0 aliphatic carbocycles. The standard InChI is InChI=1S/C10H16N4/c1-2-9-6-11-7-10(14(9)3-1)8-4-12-13-5-8/h4-5,9-11H,1-3,6-7H2,(H,12,13)/t9-,10+/m0/s1. The van der Waals surface area contributed by atoms with Crippen LogP contribution in [-0.2, 0) is 0 Å². The summed E-state index contributed by atoms with van der Waals surface area (Å²) in [5.74, 6) is 0. The fourth-order valence-electron chi connectivity index (χ4n) is 2.74. The molecule has 2 aliphatic heterocycles. The Bertz CT molecular complexity index is 295. The average Bonchev–Trinajstić information content (AvgIpc) is 2.88. The molecular formula is C10H16N4. The number of nitrogens with zero attached hydrogens (tertiary/aromatic N) is 2. The van der Waals surface area contributed by atoms with Gasteiger partial charge in [0.15, 0.2) is 0 Å². The maximum Gasteiger partial charge on any atom is 0.0535 e. The van der Waals surface area contributed by atoms with Gasteiger partial charge in [0.05, 0.1) is 12.2 Å². The van der Waals surface area contributed by atoms with E-state index in [-0.39, 0.29) is 0 Å². The number of piperazine rings is 1. The molecule has 3 rings (SSSR count). The maximum absolute atomic E-state index is 4.03. The largest absolute Gasteiger partial charge is 0.313 e. The van der Waals surface area contributed by atoms with Crippen molar-refractivity contribution in [1.29, 1.82) is 0 Å². The Hall–Kier alpha value is -0.870. The second-order valence-electron chi connectivity index (χ2n) is 4.24. The molecule has 0 spiro atoms. The summed E-state index contributed by atoms with van der Waals surface area (Å²) in [6.45, 7) is 3.48. The molecule has 0 saturated carbocycles. The fraction of sp³-hybridized carbons (Fsp3) is 0.700. The van der Waals surface area contributed by atoms with Crippen molar-refractivity contribution in [3.8, 4) is 0 Å². The molecule has 4 heteroatoms. The zero-order chi connectivity index (χ0) is 9.38. The quantitative estimate of drug-likeness (QED) is 0.681. The van der Waals surface area contributed by atoms with Crippen molar-refractivity contribution in [3.05, 3.63) is 18.0 Å². The van der Waals surface area contributed by atoms with Crippen molar-refractivity contribution in [2.45, 2.75) is 24.9 Å². The van der Waals surface area contributed by atoms with Crippen LogP contribution in [0.4, 0.5) is 0 Å². The molecule has 0 aromatic carbocycles. The molecule has 76 valence electrons. The number of hydrogen-bond donors (Lipinski definition) is 2. The molecule has 2 aliphatic rings. The van der Waals surface area contributed by atoms with Gasteiger partial charge < -0.3 is 5.32 Å². The van der Waals surface area contributed by atoms with Crippen molar-refractivity contribution in [3.63, 3.8) is 0 Å². The number of aromatic nitrogens is 2. The first-order valence-corrected chi connectivity index (χ1v) is 5.40. The predicted molar refractivity (Wildman–Crippen MR) is 53.9 cm³/mol. The highest BCUT2D eigenvalue weighted by Crippen LogP contribution is 2.30. The molecule has 0 amide bonds. The minimum absolute atomic E-state index is 0.537. The molecule has 4 nitrogen and oxygen atoms in total. The molecule has 3 heterocycles. The number of H-pyrrole nitrogens is 1. The summed E-state index contributed by atoms with van der Waals surface area (Å²) < 4.78 is 0. The van der Waals surface area contributed by atoms with Gasteiger partial charge in [-0.15, -0.1) is 0 Å². The third kappa shape index (κ3) is 1.26. The van der Waals surface area contributed by atoms with E-state index in [2.05, 4.69) is 20.4 Å². The van der Waals surface area contributed by atoms with Crippen LogP contribution < -0.4 is 5.32 Å². The Balaban J connectivity index is 1.84. The fourth-order valence-corrected chi connectivity index (χ4v) is 2.74. The molecule has 2 fully saturated rings. The SMILES string of the molecule is c1n[nH]cc1[C@H]1CNC[C@@H]2CCCN21. The lowest BCUT2D eigenvalue weighted by atomic mass is 10.0. The van der Waals surface area contributed by atoms with E-state index in [1.165, 1.54) is 24.9 Å². The van der Waals surface area contributed by atoms with Crippen LogP contribution >= 0.6 is 0 Å². The van der Waals surface area contributed by atoms with Gasteiger partial charge in [0.2, 0.25) is 0 Å². The molecule has 1 aromatic heterocycles. The summed E-state index contributed by atoms with van der Waals surface area (Å²) in [7, 11) is 0. The summed E-state index contributed by atoms with van der Waals surface area (Å²) in [4.78, 5) is 2.63. The maximum atomic E-state index is 4.03. The van der Waals surface area contributed by atoms with Gasteiger partial charge in [-0.3, -0.25) is 10.00 Å². The second kappa shape index (κ2) is 3.37. The zero-order valence-corrected chi connectivity index (χ0v) is 8.24. The number of hydrogen-bond acceptors (Lipinski definition) is 3. The lowest BCUT2D eigenvalue weighted by Gasteiger charge is -2.37. The summed E-state index contributed by atoms with van der Waals surface area (Å²) in [6.07, 6.45) is 6.67. The monoisotopic (exact) mass is 192 g/mol. The van der Waals surface area contributed by atoms with Gasteiger partial charge in [0.25, 0.3) is 0 Å². The van der Waals surface area contributed by atoms with Crippen molar-refractivity contribution < 1.29 is 0 Å². The van der Waals surface area contributed by atoms with Gasteiger partial charge in [0.1, 0.15) is 0 Å². The van der Waals surface area contributed by atoms with Crippen molar-refractivity contribution in [2.75, 3.05) is 19.6 Å². The number of nitrogens with one attached hydrogen (secondary N) is 2. The van der Waals surface area contributed by atoms with Gasteiger partial charge >= 0.3 is 0 Å². The predicted octanol–water partition coefficient (Wildman–Crippen LogP) is 0.518. The van der Waals surface area contributed by atoms with E-state index in [4.69, 9.17) is 0 Å². The summed E-state index contributed by atoms with van der Waals surface area (Å²) >= 11 is 0. The first-order chi connectivity index (χ1) is 6.95. The van der Waals surface area contributed by atoms with E-state index in [0.29, 0.717) is 6.04 Å². The molecule has 0 radical (unpaired) electrons. The average molecular weight is 192 g/mol. The van der Waals surface area contributed by atoms with Crippen LogP contribution in [0.15, 0.2) is 12.4 Å². The van der Waals surface area contributed by atoms with Gasteiger partial charge in [-0.2, -0.15) is 5.10 Å². The number of aromatic amines is 1. The highest BCUT2D eigenvalue weighted by atomic mass is 15.3. The van der Waals surface area contributed by atoms with Crippen molar-refractivity contribution in [1.82, 2.24) is 20.4 Å². The molecule has 14 heavy (non-hydrogen) atoms. The topological polar surface area (TPSA) is 44.0 Å². The number of rotatable bonds is 1. The zero-order valence-electron chi connectivity index (χ0n) is 8.24. The molecule has 0 bridgehead atoms. The highest BCUT2D eigenvalue weighted by molar-refractivity contribution is 5.13. The lowest BCUT2D eigenvalue weighted by molar-refractivity contribution is 0.138. The van der Waals surface area contributed by atoms with E-state index in [9.17, 15) is 0 Å². The Labute approximate surface area is 83.7 Å². The molecule has 1 aromatic rings. The van der Waals surface area contributed by atoms with E-state index < -0.39 is 0 Å². The molecule has 2 N–H and O–H groups in total. The van der Waals surface area contributed by atoms with Crippen LogP contribution in [0.5, 0.6) is 0 Å². The van der Waals surface area contributed by atoms with Crippen LogP contribution in [0, 0.1) is 0 Å². The Morgan fingerprint density at radius 2 is 2.43 bits per heavy atom. The van der Waals surface area contributed by atoms with Crippen molar-refractivity contribution >= 4 is 0 Å². The molecule has 2 atom stereocenters. The summed E-state index contributed by atoms with van der Waals surface area (Å²) in [6, 6.07) is 1.29. The molecular weight excluding hydrogens is 176 g/mol. The van der Waals surface area contributed by atoms with Crippen LogP contribution in [0.25, 0.3) is 0 Å². The van der Waals surface area contributed by atoms with Gasteiger partial charge in [-0.25, -0.2) is 0 Å². The third-order valence-corrected chi connectivity index (χ3v) is 3.44. The summed E-state index contributed by atoms with van der Waals surface area (Å²) in [5, 5.41) is 10.4. The van der Waals surface area contributed by atoms with E-state index in [0.717, 1.165) is 19.1 Å². The van der Waals surface area contributed by atoms with Crippen LogP contribution in [-0.4, -0.2) is 40.8 Å². The van der Waals surface area contributed by atoms with Crippen LogP contribution in [0.3, 0.4) is 0 Å². The summed E-state index contributed by atoms with van der Waals surface area (Å²) in [5.41, 5.74) is 1.32. The minimum Gasteiger partial charge on any atom is -0.313 e. The van der Waals surface area contributed by atoms with E-state index >= 15 is 0 Å². The van der Waals surface area contributed by atoms with Gasteiger partial charge in [0, 0.05) is 30.9 Å². The Kier molecular flexibility index (Phi) is 2.03. The van der Waals surface area contributed by atoms with Crippen molar-refractivity contribution in [2.24, 2.45) is 0 Å². The first-order valence-electron chi connectivity index (χ1n) is 5.40. The van der Waals surface area contributed by atoms with E-state index in [1.807, 2.05) is 12.4 Å². The molecule has 0 unspecified atom stereocenters. The van der Waals surface area contributed by atoms with E-state index in [1.54, 1.807) is 0 Å². The molecule has 2 saturated heterocycles. The smallest absolute Gasteiger partial charge is 0.0535 e. The Morgan fingerprint density at radius 3 is 3.29 bits per heavy atom. The minimum atomic E-state index is 0.537. The van der Waals surface area contributed by atoms with Crippen LogP contribution in [0.1, 0.15) is 24.4 Å². The Morgan fingerprint density at radius 1 is 1.43 bits per heavy atom. The lowest BCUT2D eigenvalue weighted by Crippen LogP contribution is -2.49. The first kappa shape index (κ1) is 8.44. The van der Waals surface area contributed by atoms with Crippen LogP contribution in [0.2, 0.25) is 0 Å². The highest BCUT2D eigenvalue weighted by Gasteiger charge is 2.34. The normalized spacial score (nSPS) is 33.1. The number of fused-ring (bicyclic) bond motifs is 1. The second-order valence-corrected chi connectivity index (χ2v) is 4.24. The van der Waals surface area contributed by atoms with Gasteiger partial charge in [-0.1, -0.05) is 0 Å².